The first-order valence-electron chi connectivity index (χ1n) is 23.6. The van der Waals surface area contributed by atoms with Gasteiger partial charge in [-0.1, -0.05) is 104 Å². The third-order valence-electron chi connectivity index (χ3n) is 14.5. The Kier molecular flexibility index (Phi) is 11.3. The number of nitrogens with zero attached hydrogens (tertiary/aromatic N) is 2. The van der Waals surface area contributed by atoms with E-state index in [9.17, 15) is 5.41 Å². The van der Waals surface area contributed by atoms with Gasteiger partial charge in [-0.25, -0.2) is 0 Å². The number of allylic oxidation sites excluding steroid dienone is 12. The molecule has 6 heteroatoms. The Hall–Kier alpha value is -8.09. The van der Waals surface area contributed by atoms with Gasteiger partial charge in [0.05, 0.1) is 39.2 Å². The van der Waals surface area contributed by atoms with E-state index in [1.165, 1.54) is 60.8 Å². The molecule has 0 aliphatic heterocycles. The van der Waals surface area contributed by atoms with E-state index < -0.39 is 0 Å². The molecule has 10 rings (SSSR count). The lowest BCUT2D eigenvalue weighted by Crippen LogP contribution is -2.17. The van der Waals surface area contributed by atoms with Gasteiger partial charge in [-0.15, -0.1) is 0 Å². The van der Waals surface area contributed by atoms with Crippen LogP contribution in [0.2, 0.25) is 0 Å². The molecule has 7 N–H and O–H groups in total. The first-order valence-corrected chi connectivity index (χ1v) is 23.6. The summed E-state index contributed by atoms with van der Waals surface area (Å²) in [5, 5.41) is 13.9. The van der Waals surface area contributed by atoms with E-state index in [0.29, 0.717) is 11.4 Å². The molecule has 0 saturated carbocycles. The van der Waals surface area contributed by atoms with E-state index in [1.807, 2.05) is 54.6 Å². The number of hydrogen-bond donors (Lipinski definition) is 4. The van der Waals surface area contributed by atoms with E-state index in [2.05, 4.69) is 141 Å². The molecule has 0 atom stereocenters. The van der Waals surface area contributed by atoms with Crippen LogP contribution in [0.15, 0.2) is 176 Å². The zero-order valence-electron chi connectivity index (χ0n) is 39.7. The number of benzene rings is 6. The van der Waals surface area contributed by atoms with Gasteiger partial charge in [-0.3, -0.25) is 0 Å². The maximum absolute atomic E-state index is 9.21. The molecular formula is C62H58N6. The summed E-state index contributed by atoms with van der Waals surface area (Å²) in [7, 11) is 0. The number of aromatic nitrogens is 2. The van der Waals surface area contributed by atoms with Crippen LogP contribution in [0, 0.1) is 5.41 Å². The number of nitrogens with two attached hydrogens (primary N) is 3. The minimum atomic E-state index is 0.432. The minimum Gasteiger partial charge on any atom is -0.403 e. The zero-order valence-corrected chi connectivity index (χ0v) is 39.7. The first kappa shape index (κ1) is 43.8. The van der Waals surface area contributed by atoms with Gasteiger partial charge >= 0.3 is 0 Å². The summed E-state index contributed by atoms with van der Waals surface area (Å²) in [6.07, 6.45) is 19.3. The van der Waals surface area contributed by atoms with Crippen molar-refractivity contribution in [1.82, 2.24) is 9.13 Å². The highest BCUT2D eigenvalue weighted by Crippen LogP contribution is 2.51. The van der Waals surface area contributed by atoms with Crippen molar-refractivity contribution in [2.24, 2.45) is 17.2 Å². The number of aryl methyl sites for hydroxylation is 4. The van der Waals surface area contributed by atoms with Gasteiger partial charge in [-0.2, -0.15) is 0 Å². The van der Waals surface area contributed by atoms with Gasteiger partial charge in [0.15, 0.2) is 0 Å². The van der Waals surface area contributed by atoms with Gasteiger partial charge in [0, 0.05) is 45.2 Å². The molecule has 336 valence electrons. The summed E-state index contributed by atoms with van der Waals surface area (Å²) >= 11 is 0. The topological polar surface area (TPSA) is 112 Å². The van der Waals surface area contributed by atoms with Crippen molar-refractivity contribution in [3.8, 4) is 11.1 Å². The van der Waals surface area contributed by atoms with Crippen molar-refractivity contribution in [1.29, 1.82) is 5.41 Å². The average molecular weight is 887 g/mol. The molecule has 2 aromatic heterocycles. The van der Waals surface area contributed by atoms with Crippen molar-refractivity contribution >= 4 is 77.6 Å². The monoisotopic (exact) mass is 886 g/mol. The molecule has 0 unspecified atom stereocenters. The standard InChI is InChI=1S/C62H58N6/c1-7-37(3)57(35-63)67-55-29-23-43(53(65)27-19-39(5)41-15-11-9-12-16-41)31-49(55)51-33-45-22-26-48-60-46(21-25-47(59(45)60)61(51)67)34-52-50-32-44(54(66)28-20-40(6)42-17-13-10-14-18-42)24-30-56(50)68(62(48)52)58(36-64)38(4)8-2/h7-20,23-24,27-36,65H,5,21-22,25-26,63-64,66H2,1-4,6H3/b27-19-,37-7-,38-8-,40-20+,54-28-,57-35+,58-36+,65-53?. The Labute approximate surface area is 399 Å². The average Bonchev–Trinajstić information content (AvgIpc) is 3.88. The second kappa shape index (κ2) is 17.6. The Morgan fingerprint density at radius 2 is 1.04 bits per heavy atom. The Morgan fingerprint density at radius 3 is 1.54 bits per heavy atom. The second-order valence-corrected chi connectivity index (χ2v) is 18.2. The molecule has 0 bridgehead atoms. The number of nitrogens with one attached hydrogen (secondary N) is 1. The van der Waals surface area contributed by atoms with E-state index in [-0.39, 0.29) is 0 Å². The summed E-state index contributed by atoms with van der Waals surface area (Å²) in [5.74, 6) is 0. The predicted octanol–water partition coefficient (Wildman–Crippen LogP) is 14.3. The molecular weight excluding hydrogens is 829 g/mol. The van der Waals surface area contributed by atoms with E-state index in [4.69, 9.17) is 17.2 Å². The molecule has 8 aromatic rings. The van der Waals surface area contributed by atoms with Crippen molar-refractivity contribution in [2.45, 2.75) is 60.3 Å². The molecule has 6 nitrogen and oxygen atoms in total. The van der Waals surface area contributed by atoms with Gasteiger partial charge in [0.25, 0.3) is 0 Å². The first-order chi connectivity index (χ1) is 33.1. The van der Waals surface area contributed by atoms with Crippen molar-refractivity contribution < 1.29 is 0 Å². The molecule has 6 aromatic carbocycles. The molecule has 2 heterocycles. The lowest BCUT2D eigenvalue weighted by atomic mass is 9.74. The van der Waals surface area contributed by atoms with Gasteiger partial charge in [0.1, 0.15) is 0 Å². The minimum absolute atomic E-state index is 0.432. The molecule has 0 amide bonds. The van der Waals surface area contributed by atoms with Crippen molar-refractivity contribution in [3.63, 3.8) is 0 Å². The van der Waals surface area contributed by atoms with Crippen molar-refractivity contribution in [2.75, 3.05) is 0 Å². The number of hydrogen-bond acceptors (Lipinski definition) is 4. The highest BCUT2D eigenvalue weighted by atomic mass is 15.0. The summed E-state index contributed by atoms with van der Waals surface area (Å²) < 4.78 is 4.78. The van der Waals surface area contributed by atoms with Crippen molar-refractivity contribution in [3.05, 3.63) is 220 Å². The van der Waals surface area contributed by atoms with Crippen LogP contribution in [0.3, 0.4) is 0 Å². The van der Waals surface area contributed by atoms with Crippen LogP contribution in [0.25, 0.3) is 83.0 Å². The Balaban J connectivity index is 1.19. The quantitative estimate of drug-likeness (QED) is 0.0766. The highest BCUT2D eigenvalue weighted by Gasteiger charge is 2.33. The summed E-state index contributed by atoms with van der Waals surface area (Å²) in [4.78, 5) is 0. The van der Waals surface area contributed by atoms with Crippen LogP contribution in [-0.2, 0) is 25.7 Å². The zero-order chi connectivity index (χ0) is 47.4. The lowest BCUT2D eigenvalue weighted by molar-refractivity contribution is 0.884. The molecule has 0 saturated heterocycles. The highest BCUT2D eigenvalue weighted by molar-refractivity contribution is 6.19. The third-order valence-corrected chi connectivity index (χ3v) is 14.5. The molecule has 0 radical (unpaired) electrons. The maximum Gasteiger partial charge on any atom is 0.0642 e. The second-order valence-electron chi connectivity index (χ2n) is 18.2. The number of rotatable bonds is 11. The largest absolute Gasteiger partial charge is 0.403 e. The van der Waals surface area contributed by atoms with Crippen LogP contribution < -0.4 is 17.2 Å². The maximum atomic E-state index is 9.21. The third kappa shape index (κ3) is 7.15. The van der Waals surface area contributed by atoms with Gasteiger partial charge < -0.3 is 31.7 Å². The van der Waals surface area contributed by atoms with E-state index in [0.717, 1.165) is 97.9 Å². The smallest absolute Gasteiger partial charge is 0.0642 e. The SMILES string of the molecule is C=C(/C=C\C(=N)c1ccc2c(c1)c1cc3c4c(c1n2C(=C/N)/C(C)=C\C)CCc1cc2c5cc(/C(N)=C/C=C(\C)c6ccccc6)ccc5n(C(=C/N)/C(C)=C\C)c2c(c1-4)CC3)c1ccccc1. The van der Waals surface area contributed by atoms with Crippen LogP contribution in [-0.4, -0.2) is 14.8 Å². The molecule has 2 aliphatic carbocycles. The summed E-state index contributed by atoms with van der Waals surface area (Å²) in [6, 6.07) is 38.5. The number of fused-ring (bicyclic) bond motifs is 8. The van der Waals surface area contributed by atoms with Gasteiger partial charge in [0.2, 0.25) is 0 Å². The van der Waals surface area contributed by atoms with E-state index >= 15 is 0 Å². The lowest BCUT2D eigenvalue weighted by Gasteiger charge is -2.31. The fourth-order valence-electron chi connectivity index (χ4n) is 10.7. The normalized spacial score (nSPS) is 14.8. The molecule has 2 aliphatic rings. The summed E-state index contributed by atoms with van der Waals surface area (Å²) in [5.41, 5.74) is 44.1. The van der Waals surface area contributed by atoms with Gasteiger partial charge in [-0.05, 0) is 181 Å². The van der Waals surface area contributed by atoms with E-state index in [1.54, 1.807) is 12.4 Å². The fraction of sp³-hybridized carbons (Fsp3) is 0.145. The summed E-state index contributed by atoms with van der Waals surface area (Å²) in [6.45, 7) is 14.8. The molecule has 0 fully saturated rings. The fourth-order valence-corrected chi connectivity index (χ4v) is 10.7. The van der Waals surface area contributed by atoms with Crippen LogP contribution in [0.1, 0.15) is 79.1 Å². The molecule has 68 heavy (non-hydrogen) atoms. The Bertz CT molecular complexity index is 3650. The predicted molar refractivity (Wildman–Crippen MR) is 292 cm³/mol. The molecule has 0 spiro atoms. The Morgan fingerprint density at radius 1 is 0.559 bits per heavy atom. The van der Waals surface area contributed by atoms with Crippen LogP contribution in [0.4, 0.5) is 0 Å². The van der Waals surface area contributed by atoms with Crippen LogP contribution >= 0.6 is 0 Å². The van der Waals surface area contributed by atoms with Crippen LogP contribution in [0.5, 0.6) is 0 Å².